The molecule has 28 heavy (non-hydrogen) atoms. The molecule has 1 amide bonds. The maximum Gasteiger partial charge on any atom is 0.256 e. The minimum Gasteiger partial charge on any atom is -0.435 e. The maximum absolute atomic E-state index is 12.6. The van der Waals surface area contributed by atoms with Gasteiger partial charge in [0.05, 0.1) is 10.6 Å². The van der Waals surface area contributed by atoms with Gasteiger partial charge in [-0.2, -0.15) is 0 Å². The van der Waals surface area contributed by atoms with Gasteiger partial charge in [0, 0.05) is 20.7 Å². The molecule has 0 aliphatic carbocycles. The third-order valence-corrected chi connectivity index (χ3v) is 5.45. The number of anilines is 1. The van der Waals surface area contributed by atoms with Crippen molar-refractivity contribution in [1.29, 1.82) is 0 Å². The van der Waals surface area contributed by atoms with E-state index in [2.05, 4.69) is 26.2 Å². The number of hydrogen-bond acceptors (Lipinski definition) is 3. The number of oxazole rings is 1. The molecular formula is C21H13BrCl2N2O2. The Morgan fingerprint density at radius 3 is 2.68 bits per heavy atom. The zero-order chi connectivity index (χ0) is 19.8. The van der Waals surface area contributed by atoms with E-state index >= 15 is 0 Å². The normalized spacial score (nSPS) is 11.0. The number of hydrogen-bond donors (Lipinski definition) is 1. The summed E-state index contributed by atoms with van der Waals surface area (Å²) in [6, 6.07) is 16.2. The Hall–Kier alpha value is -2.34. The summed E-state index contributed by atoms with van der Waals surface area (Å²) in [5, 5.41) is 3.83. The Kier molecular flexibility index (Phi) is 5.15. The van der Waals surface area contributed by atoms with Crippen LogP contribution in [-0.4, -0.2) is 10.9 Å². The Bertz CT molecular complexity index is 1220. The van der Waals surface area contributed by atoms with Crippen molar-refractivity contribution in [3.63, 3.8) is 0 Å². The van der Waals surface area contributed by atoms with Gasteiger partial charge in [-0.25, -0.2) is 4.98 Å². The lowest BCUT2D eigenvalue weighted by Gasteiger charge is -2.10. The number of carbonyl (C=O) groups is 1. The van der Waals surface area contributed by atoms with Crippen molar-refractivity contribution in [2.75, 3.05) is 5.32 Å². The molecule has 0 bridgehead atoms. The number of aromatic nitrogens is 1. The van der Waals surface area contributed by atoms with Crippen LogP contribution in [0.3, 0.4) is 0 Å². The standard InChI is InChI=1S/C21H13BrCl2N2O2/c1-11-6-7-12(21-26-18-10-13(23)9-16(24)19(18)28-21)8-17(11)25-20(27)14-4-2-3-5-15(14)22/h2-10H,1H3,(H,25,27). The van der Waals surface area contributed by atoms with Gasteiger partial charge in [-0.15, -0.1) is 0 Å². The molecule has 140 valence electrons. The number of carbonyl (C=O) groups excluding carboxylic acids is 1. The van der Waals surface area contributed by atoms with E-state index in [1.165, 1.54) is 0 Å². The maximum atomic E-state index is 12.6. The van der Waals surface area contributed by atoms with E-state index in [-0.39, 0.29) is 5.91 Å². The van der Waals surface area contributed by atoms with Crippen LogP contribution in [0.15, 0.2) is 63.5 Å². The molecule has 0 saturated carbocycles. The van der Waals surface area contributed by atoms with Crippen molar-refractivity contribution in [3.05, 3.63) is 80.2 Å². The average molecular weight is 476 g/mol. The fraction of sp³-hybridized carbons (Fsp3) is 0.0476. The highest BCUT2D eigenvalue weighted by atomic mass is 79.9. The Labute approximate surface area is 179 Å². The predicted octanol–water partition coefficient (Wildman–Crippen LogP) is 7.12. The summed E-state index contributed by atoms with van der Waals surface area (Å²) in [7, 11) is 0. The second kappa shape index (κ2) is 7.59. The Morgan fingerprint density at radius 1 is 1.11 bits per heavy atom. The van der Waals surface area contributed by atoms with E-state index < -0.39 is 0 Å². The summed E-state index contributed by atoms with van der Waals surface area (Å²) < 4.78 is 6.55. The second-order valence-electron chi connectivity index (χ2n) is 6.22. The average Bonchev–Trinajstić information content (AvgIpc) is 3.08. The number of amides is 1. The lowest BCUT2D eigenvalue weighted by molar-refractivity contribution is 0.102. The lowest BCUT2D eigenvalue weighted by atomic mass is 10.1. The molecule has 0 saturated heterocycles. The zero-order valence-corrected chi connectivity index (χ0v) is 17.7. The number of rotatable bonds is 3. The van der Waals surface area contributed by atoms with Gasteiger partial charge < -0.3 is 9.73 Å². The molecule has 0 spiro atoms. The lowest BCUT2D eigenvalue weighted by Crippen LogP contribution is -2.13. The molecule has 1 heterocycles. The van der Waals surface area contributed by atoms with Crippen molar-refractivity contribution >= 4 is 61.8 Å². The molecule has 7 heteroatoms. The molecule has 0 aliphatic rings. The zero-order valence-electron chi connectivity index (χ0n) is 14.6. The summed E-state index contributed by atoms with van der Waals surface area (Å²) in [6.07, 6.45) is 0. The van der Waals surface area contributed by atoms with Crippen molar-refractivity contribution in [2.45, 2.75) is 6.92 Å². The monoisotopic (exact) mass is 474 g/mol. The Morgan fingerprint density at radius 2 is 1.89 bits per heavy atom. The number of aryl methyl sites for hydroxylation is 1. The first-order chi connectivity index (χ1) is 13.4. The summed E-state index contributed by atoms with van der Waals surface area (Å²) in [6.45, 7) is 1.92. The fourth-order valence-electron chi connectivity index (χ4n) is 2.81. The van der Waals surface area contributed by atoms with Crippen LogP contribution in [0.25, 0.3) is 22.6 Å². The molecule has 4 aromatic rings. The molecule has 0 aliphatic heterocycles. The van der Waals surface area contributed by atoms with Crippen LogP contribution < -0.4 is 5.32 Å². The van der Waals surface area contributed by atoms with Crippen molar-refractivity contribution in [1.82, 2.24) is 4.98 Å². The highest BCUT2D eigenvalue weighted by Gasteiger charge is 2.15. The van der Waals surface area contributed by atoms with E-state index in [1.54, 1.807) is 18.2 Å². The highest BCUT2D eigenvalue weighted by molar-refractivity contribution is 9.10. The van der Waals surface area contributed by atoms with Crippen LogP contribution in [0.4, 0.5) is 5.69 Å². The van der Waals surface area contributed by atoms with E-state index in [0.717, 1.165) is 15.6 Å². The molecule has 0 radical (unpaired) electrons. The third kappa shape index (κ3) is 3.65. The molecule has 4 rings (SSSR count). The van der Waals surface area contributed by atoms with Gasteiger partial charge in [-0.3, -0.25) is 4.79 Å². The SMILES string of the molecule is Cc1ccc(-c2nc3cc(Cl)cc(Cl)c3o2)cc1NC(=O)c1ccccc1Br. The van der Waals surface area contributed by atoms with Crippen LogP contribution in [0.2, 0.25) is 10.0 Å². The first-order valence-corrected chi connectivity index (χ1v) is 9.90. The van der Waals surface area contributed by atoms with Gasteiger partial charge in [0.15, 0.2) is 5.58 Å². The minimum absolute atomic E-state index is 0.208. The first kappa shape index (κ1) is 19.0. The van der Waals surface area contributed by atoms with E-state index in [1.807, 2.05) is 43.3 Å². The quantitative estimate of drug-likeness (QED) is 0.343. The van der Waals surface area contributed by atoms with Crippen molar-refractivity contribution in [2.24, 2.45) is 0 Å². The van der Waals surface area contributed by atoms with Crippen LogP contribution in [0, 0.1) is 6.92 Å². The van der Waals surface area contributed by atoms with Crippen LogP contribution in [-0.2, 0) is 0 Å². The molecule has 0 fully saturated rings. The largest absolute Gasteiger partial charge is 0.435 e. The van der Waals surface area contributed by atoms with Crippen LogP contribution >= 0.6 is 39.1 Å². The van der Waals surface area contributed by atoms with Gasteiger partial charge >= 0.3 is 0 Å². The minimum atomic E-state index is -0.208. The van der Waals surface area contributed by atoms with Crippen LogP contribution in [0.5, 0.6) is 0 Å². The third-order valence-electron chi connectivity index (χ3n) is 4.26. The van der Waals surface area contributed by atoms with Gasteiger partial charge in [-0.05, 0) is 64.8 Å². The molecule has 1 N–H and O–H groups in total. The number of benzene rings is 3. The smallest absolute Gasteiger partial charge is 0.256 e. The Balaban J connectivity index is 1.71. The van der Waals surface area contributed by atoms with Crippen molar-refractivity contribution in [3.8, 4) is 11.5 Å². The summed E-state index contributed by atoms with van der Waals surface area (Å²) in [5.74, 6) is 0.190. The number of halogens is 3. The van der Waals surface area contributed by atoms with E-state index in [4.69, 9.17) is 27.6 Å². The predicted molar refractivity (Wildman–Crippen MR) is 116 cm³/mol. The molecule has 3 aromatic carbocycles. The summed E-state index contributed by atoms with van der Waals surface area (Å²) in [4.78, 5) is 17.1. The number of nitrogens with zero attached hydrogens (tertiary/aromatic N) is 1. The molecule has 0 atom stereocenters. The second-order valence-corrected chi connectivity index (χ2v) is 7.92. The molecule has 0 unspecified atom stereocenters. The van der Waals surface area contributed by atoms with E-state index in [0.29, 0.717) is 38.3 Å². The van der Waals surface area contributed by atoms with E-state index in [9.17, 15) is 4.79 Å². The topological polar surface area (TPSA) is 55.1 Å². The van der Waals surface area contributed by atoms with Gasteiger partial charge in [0.25, 0.3) is 5.91 Å². The van der Waals surface area contributed by atoms with Gasteiger partial charge in [-0.1, -0.05) is 41.4 Å². The van der Waals surface area contributed by atoms with Crippen LogP contribution in [0.1, 0.15) is 15.9 Å². The van der Waals surface area contributed by atoms with Gasteiger partial charge in [0.2, 0.25) is 5.89 Å². The van der Waals surface area contributed by atoms with Crippen molar-refractivity contribution < 1.29 is 9.21 Å². The number of fused-ring (bicyclic) bond motifs is 1. The fourth-order valence-corrected chi connectivity index (χ4v) is 3.79. The van der Waals surface area contributed by atoms with Gasteiger partial charge in [0.1, 0.15) is 5.52 Å². The molecule has 1 aromatic heterocycles. The summed E-state index contributed by atoms with van der Waals surface area (Å²) >= 11 is 15.6. The number of nitrogens with one attached hydrogen (secondary N) is 1. The molecular weight excluding hydrogens is 463 g/mol. The summed E-state index contributed by atoms with van der Waals surface area (Å²) in [5.41, 5.74) is 3.91. The molecule has 4 nitrogen and oxygen atoms in total. The highest BCUT2D eigenvalue weighted by Crippen LogP contribution is 2.33. The first-order valence-electron chi connectivity index (χ1n) is 8.35.